The van der Waals surface area contributed by atoms with Crippen molar-refractivity contribution >= 4 is 0 Å². The Balaban J connectivity index is 2.14. The first-order chi connectivity index (χ1) is 4.84. The van der Waals surface area contributed by atoms with Crippen LogP contribution in [0.4, 0.5) is 0 Å². The Hall–Kier alpha value is -0.160. The van der Waals surface area contributed by atoms with Gasteiger partial charge in [-0.05, 0) is 0 Å². The van der Waals surface area contributed by atoms with Gasteiger partial charge in [-0.1, -0.05) is 0 Å². The molecule has 1 fully saturated rings. The minimum absolute atomic E-state index is 0.0107. The second kappa shape index (κ2) is 3.88. The van der Waals surface area contributed by atoms with Crippen molar-refractivity contribution in [1.82, 2.24) is 0 Å². The van der Waals surface area contributed by atoms with Crippen molar-refractivity contribution in [2.75, 3.05) is 26.4 Å². The van der Waals surface area contributed by atoms with Crippen LogP contribution in [0, 0.1) is 0 Å². The Morgan fingerprint density at radius 3 is 2.80 bits per heavy atom. The summed E-state index contributed by atoms with van der Waals surface area (Å²) in [7, 11) is 0. The van der Waals surface area contributed by atoms with Crippen LogP contribution in [0.2, 0.25) is 0 Å². The molecule has 0 unspecified atom stereocenters. The van der Waals surface area contributed by atoms with Gasteiger partial charge in [0, 0.05) is 0 Å². The Morgan fingerprint density at radius 2 is 2.30 bits per heavy atom. The molecule has 60 valence electrons. The average Bonchev–Trinajstić information content (AvgIpc) is 2.31. The Kier molecular flexibility index (Phi) is 3.08. The van der Waals surface area contributed by atoms with Gasteiger partial charge in [0.15, 0.2) is 0 Å². The third kappa shape index (κ3) is 1.91. The van der Waals surface area contributed by atoms with Gasteiger partial charge in [-0.3, -0.25) is 0 Å². The van der Waals surface area contributed by atoms with Crippen molar-refractivity contribution < 1.29 is 19.7 Å². The van der Waals surface area contributed by atoms with E-state index in [0.29, 0.717) is 13.2 Å². The number of aliphatic hydroxyl groups is 2. The Labute approximate surface area is 59.4 Å². The molecule has 2 atom stereocenters. The summed E-state index contributed by atoms with van der Waals surface area (Å²) in [6, 6.07) is 0. The molecule has 1 aliphatic heterocycles. The van der Waals surface area contributed by atoms with Crippen LogP contribution in [-0.2, 0) is 9.47 Å². The van der Waals surface area contributed by atoms with Gasteiger partial charge in [-0.15, -0.1) is 0 Å². The van der Waals surface area contributed by atoms with Crippen LogP contribution in [0.1, 0.15) is 0 Å². The summed E-state index contributed by atoms with van der Waals surface area (Å²) >= 11 is 0. The highest BCUT2D eigenvalue weighted by Crippen LogP contribution is 2.08. The van der Waals surface area contributed by atoms with Gasteiger partial charge in [0.2, 0.25) is 0 Å². The molecule has 1 saturated heterocycles. The number of hydrogen-bond acceptors (Lipinski definition) is 4. The van der Waals surface area contributed by atoms with Gasteiger partial charge in [0.1, 0.15) is 12.2 Å². The Bertz CT molecular complexity index is 95.7. The molecule has 2 N–H and O–H groups in total. The van der Waals surface area contributed by atoms with E-state index in [-0.39, 0.29) is 19.3 Å². The summed E-state index contributed by atoms with van der Waals surface area (Å²) in [6.07, 6.45) is -0.765. The van der Waals surface area contributed by atoms with Crippen LogP contribution >= 0.6 is 0 Å². The van der Waals surface area contributed by atoms with Gasteiger partial charge >= 0.3 is 0 Å². The van der Waals surface area contributed by atoms with Crippen molar-refractivity contribution in [3.05, 3.63) is 0 Å². The lowest BCUT2D eigenvalue weighted by Crippen LogP contribution is -2.27. The normalized spacial score (nSPS) is 33.0. The summed E-state index contributed by atoms with van der Waals surface area (Å²) < 4.78 is 9.95. The van der Waals surface area contributed by atoms with E-state index in [1.807, 2.05) is 0 Å². The molecular formula is C6H12O4. The fraction of sp³-hybridized carbons (Fsp3) is 1.00. The molecule has 0 saturated carbocycles. The molecule has 0 aliphatic carbocycles. The number of ether oxygens (including phenoxy) is 2. The minimum Gasteiger partial charge on any atom is -0.394 e. The number of hydrogen-bond donors (Lipinski definition) is 2. The maximum atomic E-state index is 9.08. The predicted octanol–water partition coefficient (Wildman–Crippen LogP) is -1.24. The minimum atomic E-state index is -0.522. The molecule has 10 heavy (non-hydrogen) atoms. The van der Waals surface area contributed by atoms with E-state index in [9.17, 15) is 0 Å². The zero-order valence-electron chi connectivity index (χ0n) is 5.69. The molecule has 4 heteroatoms. The van der Waals surface area contributed by atoms with E-state index in [2.05, 4.69) is 0 Å². The molecule has 1 aliphatic rings. The topological polar surface area (TPSA) is 58.9 Å². The van der Waals surface area contributed by atoms with Crippen molar-refractivity contribution in [3.8, 4) is 0 Å². The number of aliphatic hydroxyl groups excluding tert-OH is 2. The standard InChI is InChI=1S/C6H12O4/c7-1-2-10-6-4-9-3-5(6)8/h5-8H,1-4H2/t5-,6+/m1/s1. The molecule has 0 spiro atoms. The van der Waals surface area contributed by atoms with Gasteiger partial charge < -0.3 is 19.7 Å². The van der Waals surface area contributed by atoms with Crippen LogP contribution in [0.15, 0.2) is 0 Å². The van der Waals surface area contributed by atoms with Gasteiger partial charge in [-0.2, -0.15) is 0 Å². The zero-order valence-corrected chi connectivity index (χ0v) is 5.69. The molecule has 0 radical (unpaired) electrons. The van der Waals surface area contributed by atoms with Crippen molar-refractivity contribution in [2.24, 2.45) is 0 Å². The third-order valence-corrected chi connectivity index (χ3v) is 1.42. The van der Waals surface area contributed by atoms with Crippen LogP contribution in [0.3, 0.4) is 0 Å². The van der Waals surface area contributed by atoms with Crippen molar-refractivity contribution in [3.63, 3.8) is 0 Å². The first kappa shape index (κ1) is 7.94. The van der Waals surface area contributed by atoms with E-state index in [1.54, 1.807) is 0 Å². The SMILES string of the molecule is OCCO[C@H]1COC[C@H]1O. The molecule has 0 aromatic carbocycles. The zero-order chi connectivity index (χ0) is 7.40. The van der Waals surface area contributed by atoms with E-state index in [1.165, 1.54) is 0 Å². The molecular weight excluding hydrogens is 136 g/mol. The third-order valence-electron chi connectivity index (χ3n) is 1.42. The molecule has 0 bridgehead atoms. The monoisotopic (exact) mass is 148 g/mol. The Morgan fingerprint density at radius 1 is 1.50 bits per heavy atom. The molecule has 1 heterocycles. The van der Waals surface area contributed by atoms with Gasteiger partial charge in [-0.25, -0.2) is 0 Å². The molecule has 0 aromatic heterocycles. The summed E-state index contributed by atoms with van der Waals surface area (Å²) in [6.45, 7) is 1.03. The van der Waals surface area contributed by atoms with Gasteiger partial charge in [0.05, 0.1) is 26.4 Å². The van der Waals surface area contributed by atoms with E-state index >= 15 is 0 Å². The fourth-order valence-electron chi connectivity index (χ4n) is 0.887. The molecule has 0 aromatic rings. The summed E-state index contributed by atoms with van der Waals surface area (Å²) in [5.41, 5.74) is 0. The van der Waals surface area contributed by atoms with E-state index in [0.717, 1.165) is 0 Å². The lowest BCUT2D eigenvalue weighted by molar-refractivity contribution is -0.0224. The summed E-state index contributed by atoms with van der Waals surface area (Å²) in [4.78, 5) is 0. The van der Waals surface area contributed by atoms with E-state index in [4.69, 9.17) is 19.7 Å². The number of rotatable bonds is 3. The van der Waals surface area contributed by atoms with Crippen LogP contribution < -0.4 is 0 Å². The van der Waals surface area contributed by atoms with E-state index < -0.39 is 6.10 Å². The smallest absolute Gasteiger partial charge is 0.109 e. The predicted molar refractivity (Wildman–Crippen MR) is 33.7 cm³/mol. The maximum Gasteiger partial charge on any atom is 0.109 e. The van der Waals surface area contributed by atoms with Crippen LogP contribution in [0.25, 0.3) is 0 Å². The highest BCUT2D eigenvalue weighted by atomic mass is 16.6. The second-order valence-corrected chi connectivity index (χ2v) is 2.24. The fourth-order valence-corrected chi connectivity index (χ4v) is 0.887. The lowest BCUT2D eigenvalue weighted by Gasteiger charge is -2.11. The van der Waals surface area contributed by atoms with Crippen molar-refractivity contribution in [1.29, 1.82) is 0 Å². The summed E-state index contributed by atoms with van der Waals surface area (Å²) in [5, 5.41) is 17.4. The maximum absolute atomic E-state index is 9.08. The highest BCUT2D eigenvalue weighted by Gasteiger charge is 2.26. The van der Waals surface area contributed by atoms with Crippen LogP contribution in [-0.4, -0.2) is 48.8 Å². The van der Waals surface area contributed by atoms with Crippen LogP contribution in [0.5, 0.6) is 0 Å². The van der Waals surface area contributed by atoms with Crippen molar-refractivity contribution in [2.45, 2.75) is 12.2 Å². The molecule has 0 amide bonds. The lowest BCUT2D eigenvalue weighted by atomic mass is 10.3. The first-order valence-electron chi connectivity index (χ1n) is 3.33. The highest BCUT2D eigenvalue weighted by molar-refractivity contribution is 4.73. The molecule has 4 nitrogen and oxygen atoms in total. The summed E-state index contributed by atoms with van der Waals surface area (Å²) in [5.74, 6) is 0. The average molecular weight is 148 g/mol. The van der Waals surface area contributed by atoms with Gasteiger partial charge in [0.25, 0.3) is 0 Å². The quantitative estimate of drug-likeness (QED) is 0.525. The largest absolute Gasteiger partial charge is 0.394 e. The molecule has 1 rings (SSSR count). The first-order valence-corrected chi connectivity index (χ1v) is 3.33. The second-order valence-electron chi connectivity index (χ2n) is 2.24.